The lowest BCUT2D eigenvalue weighted by Crippen LogP contribution is -2.08. The number of aromatic nitrogens is 2. The lowest BCUT2D eigenvalue weighted by molar-refractivity contribution is -0.384. The van der Waals surface area contributed by atoms with Gasteiger partial charge in [0.15, 0.2) is 0 Å². The molecule has 0 bridgehead atoms. The van der Waals surface area contributed by atoms with E-state index in [1.54, 1.807) is 12.1 Å². The van der Waals surface area contributed by atoms with Gasteiger partial charge >= 0.3 is 0 Å². The Bertz CT molecular complexity index is 649. The van der Waals surface area contributed by atoms with Crippen LogP contribution in [0.5, 0.6) is 0 Å². The summed E-state index contributed by atoms with van der Waals surface area (Å²) in [6.07, 6.45) is 0. The van der Waals surface area contributed by atoms with E-state index in [2.05, 4.69) is 10.4 Å². The number of non-ortho nitro benzene ring substituents is 1. The molecule has 2 aromatic rings. The fourth-order valence-corrected chi connectivity index (χ4v) is 2.19. The average molecular weight is 274 g/mol. The maximum atomic E-state index is 10.8. The smallest absolute Gasteiger partial charge is 0.269 e. The third kappa shape index (κ3) is 2.64. The predicted octanol–water partition coefficient (Wildman–Crippen LogP) is 3.12. The summed E-state index contributed by atoms with van der Waals surface area (Å²) >= 11 is 0. The molecule has 0 saturated carbocycles. The molecule has 1 heterocycles. The normalized spacial score (nSPS) is 12.2. The predicted molar refractivity (Wildman–Crippen MR) is 77.8 cm³/mol. The Morgan fingerprint density at radius 1 is 1.40 bits per heavy atom. The number of anilines is 1. The largest absolute Gasteiger partial charge is 0.376 e. The van der Waals surface area contributed by atoms with Crippen molar-refractivity contribution in [1.82, 2.24) is 9.78 Å². The molecule has 0 fully saturated rings. The number of benzene rings is 1. The van der Waals surface area contributed by atoms with Crippen LogP contribution in [0, 0.1) is 24.0 Å². The van der Waals surface area contributed by atoms with Crippen molar-refractivity contribution in [1.29, 1.82) is 0 Å². The summed E-state index contributed by atoms with van der Waals surface area (Å²) in [5, 5.41) is 18.5. The Kier molecular flexibility index (Phi) is 3.74. The van der Waals surface area contributed by atoms with Crippen LogP contribution >= 0.6 is 0 Å². The Morgan fingerprint density at radius 3 is 2.65 bits per heavy atom. The molecule has 6 nitrogen and oxygen atoms in total. The first-order valence-corrected chi connectivity index (χ1v) is 6.41. The van der Waals surface area contributed by atoms with Crippen LogP contribution in [-0.4, -0.2) is 14.7 Å². The van der Waals surface area contributed by atoms with Crippen molar-refractivity contribution in [2.45, 2.75) is 26.8 Å². The van der Waals surface area contributed by atoms with E-state index >= 15 is 0 Å². The highest BCUT2D eigenvalue weighted by molar-refractivity contribution is 5.54. The van der Waals surface area contributed by atoms with E-state index < -0.39 is 0 Å². The minimum atomic E-state index is -0.378. The van der Waals surface area contributed by atoms with Gasteiger partial charge in [0.2, 0.25) is 0 Å². The second kappa shape index (κ2) is 5.32. The lowest BCUT2D eigenvalue weighted by Gasteiger charge is -2.16. The van der Waals surface area contributed by atoms with Crippen LogP contribution in [0.25, 0.3) is 0 Å². The molecule has 0 aliphatic heterocycles. The topological polar surface area (TPSA) is 73.0 Å². The van der Waals surface area contributed by atoms with E-state index in [-0.39, 0.29) is 16.7 Å². The highest BCUT2D eigenvalue weighted by Crippen LogP contribution is 2.26. The monoisotopic (exact) mass is 274 g/mol. The van der Waals surface area contributed by atoms with Crippen LogP contribution in [0.15, 0.2) is 24.3 Å². The first kappa shape index (κ1) is 14.0. The molecule has 0 aliphatic carbocycles. The van der Waals surface area contributed by atoms with Crippen molar-refractivity contribution < 1.29 is 4.92 Å². The van der Waals surface area contributed by atoms with Crippen molar-refractivity contribution in [3.63, 3.8) is 0 Å². The standard InChI is InChI=1S/C14H18N4O2/c1-9(12-6-5-7-13(8-12)18(19)20)15-14-10(2)16-17(4)11(14)3/h5-9,15H,1-4H3. The fraction of sp³-hybridized carbons (Fsp3) is 0.357. The number of nitro groups is 1. The molecule has 0 radical (unpaired) electrons. The molecular formula is C14H18N4O2. The maximum Gasteiger partial charge on any atom is 0.269 e. The molecular weight excluding hydrogens is 256 g/mol. The van der Waals surface area contributed by atoms with E-state index in [0.717, 1.165) is 22.6 Å². The summed E-state index contributed by atoms with van der Waals surface area (Å²) in [5.41, 5.74) is 3.92. The third-order valence-electron chi connectivity index (χ3n) is 3.45. The van der Waals surface area contributed by atoms with Crippen molar-refractivity contribution in [2.24, 2.45) is 7.05 Å². The molecule has 20 heavy (non-hydrogen) atoms. The SMILES string of the molecule is Cc1nn(C)c(C)c1NC(C)c1cccc([N+](=O)[O-])c1. The second-order valence-corrected chi connectivity index (χ2v) is 4.89. The fourth-order valence-electron chi connectivity index (χ4n) is 2.19. The molecule has 2 rings (SSSR count). The zero-order valence-electron chi connectivity index (χ0n) is 12.0. The van der Waals surface area contributed by atoms with E-state index in [0.29, 0.717) is 0 Å². The molecule has 1 aromatic heterocycles. The molecule has 1 unspecified atom stereocenters. The quantitative estimate of drug-likeness (QED) is 0.686. The van der Waals surface area contributed by atoms with Gasteiger partial charge in [-0.2, -0.15) is 5.10 Å². The van der Waals surface area contributed by atoms with Gasteiger partial charge in [-0.15, -0.1) is 0 Å². The molecule has 0 amide bonds. The number of rotatable bonds is 4. The van der Waals surface area contributed by atoms with E-state index in [1.165, 1.54) is 6.07 Å². The van der Waals surface area contributed by atoms with Crippen LogP contribution in [0.2, 0.25) is 0 Å². The number of nitrogens with one attached hydrogen (secondary N) is 1. The van der Waals surface area contributed by atoms with Crippen LogP contribution in [0.4, 0.5) is 11.4 Å². The number of nitrogens with zero attached hydrogens (tertiary/aromatic N) is 3. The zero-order valence-corrected chi connectivity index (χ0v) is 12.0. The molecule has 0 saturated heterocycles. The molecule has 1 N–H and O–H groups in total. The third-order valence-corrected chi connectivity index (χ3v) is 3.45. The Hall–Kier alpha value is -2.37. The van der Waals surface area contributed by atoms with Gasteiger partial charge in [-0.05, 0) is 26.3 Å². The summed E-state index contributed by atoms with van der Waals surface area (Å²) in [6.45, 7) is 5.91. The highest BCUT2D eigenvalue weighted by Gasteiger charge is 2.15. The Morgan fingerprint density at radius 2 is 2.10 bits per heavy atom. The minimum Gasteiger partial charge on any atom is -0.376 e. The average Bonchev–Trinajstić information content (AvgIpc) is 2.65. The molecule has 1 atom stereocenters. The summed E-state index contributed by atoms with van der Waals surface area (Å²) < 4.78 is 1.82. The zero-order chi connectivity index (χ0) is 14.9. The summed E-state index contributed by atoms with van der Waals surface area (Å²) in [5.74, 6) is 0. The first-order valence-electron chi connectivity index (χ1n) is 6.41. The van der Waals surface area contributed by atoms with Crippen LogP contribution in [0.1, 0.15) is 29.9 Å². The summed E-state index contributed by atoms with van der Waals surface area (Å²) in [7, 11) is 1.89. The van der Waals surface area contributed by atoms with E-state index in [9.17, 15) is 10.1 Å². The molecule has 0 aliphatic rings. The van der Waals surface area contributed by atoms with Gasteiger partial charge in [-0.25, -0.2) is 0 Å². The Balaban J connectivity index is 2.26. The van der Waals surface area contributed by atoms with Gasteiger partial charge < -0.3 is 5.32 Å². The van der Waals surface area contributed by atoms with Crippen molar-refractivity contribution >= 4 is 11.4 Å². The maximum absolute atomic E-state index is 10.8. The van der Waals surface area contributed by atoms with Gasteiger partial charge in [-0.1, -0.05) is 12.1 Å². The van der Waals surface area contributed by atoms with E-state index in [4.69, 9.17) is 0 Å². The van der Waals surface area contributed by atoms with Crippen LogP contribution in [-0.2, 0) is 7.05 Å². The first-order chi connectivity index (χ1) is 9.40. The number of aryl methyl sites for hydroxylation is 2. The molecule has 106 valence electrons. The molecule has 6 heteroatoms. The van der Waals surface area contributed by atoms with Crippen molar-refractivity contribution in [3.05, 3.63) is 51.3 Å². The number of nitro benzene ring substituents is 1. The Labute approximate surface area is 117 Å². The van der Waals surface area contributed by atoms with Gasteiger partial charge in [0.05, 0.1) is 22.0 Å². The minimum absolute atomic E-state index is 0.0310. The van der Waals surface area contributed by atoms with Crippen molar-refractivity contribution in [3.8, 4) is 0 Å². The number of hydrogen-bond acceptors (Lipinski definition) is 4. The van der Waals surface area contributed by atoms with Crippen molar-refractivity contribution in [2.75, 3.05) is 5.32 Å². The van der Waals surface area contributed by atoms with Gasteiger partial charge in [0, 0.05) is 25.2 Å². The van der Waals surface area contributed by atoms with Crippen LogP contribution in [0.3, 0.4) is 0 Å². The lowest BCUT2D eigenvalue weighted by atomic mass is 10.1. The van der Waals surface area contributed by atoms with Gasteiger partial charge in [0.25, 0.3) is 5.69 Å². The summed E-state index contributed by atoms with van der Waals surface area (Å²) in [6, 6.07) is 6.65. The molecule has 0 spiro atoms. The van der Waals surface area contributed by atoms with Crippen LogP contribution < -0.4 is 5.32 Å². The highest BCUT2D eigenvalue weighted by atomic mass is 16.6. The second-order valence-electron chi connectivity index (χ2n) is 4.89. The molecule has 1 aromatic carbocycles. The van der Waals surface area contributed by atoms with Gasteiger partial charge in [-0.3, -0.25) is 14.8 Å². The summed E-state index contributed by atoms with van der Waals surface area (Å²) in [4.78, 5) is 10.4. The van der Waals surface area contributed by atoms with Gasteiger partial charge in [0.1, 0.15) is 0 Å². The van der Waals surface area contributed by atoms with E-state index in [1.807, 2.05) is 38.6 Å². The number of hydrogen-bond donors (Lipinski definition) is 1.